The highest BCUT2D eigenvalue weighted by atomic mass is 16.2. The Balaban J connectivity index is 1.85. The van der Waals surface area contributed by atoms with Crippen LogP contribution in [0.3, 0.4) is 0 Å². The Morgan fingerprint density at radius 2 is 1.90 bits per heavy atom. The summed E-state index contributed by atoms with van der Waals surface area (Å²) in [6.45, 7) is 3.98. The number of hydrogen-bond acceptors (Lipinski definition) is 2. The average Bonchev–Trinajstić information content (AvgIpc) is 2.67. The van der Waals surface area contributed by atoms with Gasteiger partial charge in [0.05, 0.1) is 0 Å². The van der Waals surface area contributed by atoms with Crippen LogP contribution in [-0.2, 0) is 4.79 Å². The second-order valence-corrected chi connectivity index (χ2v) is 5.93. The van der Waals surface area contributed by atoms with Crippen molar-refractivity contribution >= 4 is 11.6 Å². The fourth-order valence-electron chi connectivity index (χ4n) is 2.80. The van der Waals surface area contributed by atoms with E-state index >= 15 is 0 Å². The van der Waals surface area contributed by atoms with Crippen molar-refractivity contribution < 1.29 is 4.79 Å². The number of hydrogen-bond donors (Lipinski definition) is 2. The highest BCUT2D eigenvalue weighted by Crippen LogP contribution is 2.17. The second-order valence-electron chi connectivity index (χ2n) is 5.93. The van der Waals surface area contributed by atoms with Crippen molar-refractivity contribution in [3.63, 3.8) is 0 Å². The largest absolute Gasteiger partial charge is 0.374 e. The number of amides is 1. The predicted octanol–water partition coefficient (Wildman–Crippen LogP) is 3.63. The quantitative estimate of drug-likeness (QED) is 0.823. The maximum atomic E-state index is 12.2. The van der Waals surface area contributed by atoms with Gasteiger partial charge in [0.15, 0.2) is 0 Å². The SMILES string of the molecule is Cc1cccc(NC(C)C(=O)NC2CCCCCC2)c1. The molecule has 3 nitrogen and oxygen atoms in total. The smallest absolute Gasteiger partial charge is 0.242 e. The minimum atomic E-state index is -0.194. The maximum absolute atomic E-state index is 12.2. The van der Waals surface area contributed by atoms with Crippen molar-refractivity contribution in [2.45, 2.75) is 64.5 Å². The van der Waals surface area contributed by atoms with Crippen LogP contribution in [0.1, 0.15) is 51.0 Å². The molecule has 1 unspecified atom stereocenters. The first kappa shape index (κ1) is 14.9. The van der Waals surface area contributed by atoms with Crippen LogP contribution in [0.4, 0.5) is 5.69 Å². The lowest BCUT2D eigenvalue weighted by Crippen LogP contribution is -2.43. The molecule has 20 heavy (non-hydrogen) atoms. The topological polar surface area (TPSA) is 41.1 Å². The second kappa shape index (κ2) is 7.32. The van der Waals surface area contributed by atoms with Crippen molar-refractivity contribution in [1.82, 2.24) is 5.32 Å². The van der Waals surface area contributed by atoms with Crippen LogP contribution in [0.2, 0.25) is 0 Å². The highest BCUT2D eigenvalue weighted by molar-refractivity contribution is 5.84. The van der Waals surface area contributed by atoms with Gasteiger partial charge in [-0.25, -0.2) is 0 Å². The van der Waals surface area contributed by atoms with Gasteiger partial charge in [0, 0.05) is 11.7 Å². The van der Waals surface area contributed by atoms with Gasteiger partial charge in [0.25, 0.3) is 0 Å². The van der Waals surface area contributed by atoms with Crippen LogP contribution in [-0.4, -0.2) is 18.0 Å². The molecular weight excluding hydrogens is 248 g/mol. The van der Waals surface area contributed by atoms with Crippen molar-refractivity contribution in [3.05, 3.63) is 29.8 Å². The fourth-order valence-corrected chi connectivity index (χ4v) is 2.80. The molecule has 1 aliphatic rings. The lowest BCUT2D eigenvalue weighted by Gasteiger charge is -2.21. The summed E-state index contributed by atoms with van der Waals surface area (Å²) in [5.41, 5.74) is 2.21. The van der Waals surface area contributed by atoms with E-state index in [4.69, 9.17) is 0 Å². The summed E-state index contributed by atoms with van der Waals surface area (Å²) in [6.07, 6.45) is 7.36. The van der Waals surface area contributed by atoms with Gasteiger partial charge in [-0.3, -0.25) is 4.79 Å². The van der Waals surface area contributed by atoms with E-state index in [0.717, 1.165) is 18.5 Å². The minimum absolute atomic E-state index is 0.110. The fraction of sp³-hybridized carbons (Fsp3) is 0.588. The molecule has 110 valence electrons. The number of rotatable bonds is 4. The van der Waals surface area contributed by atoms with E-state index in [9.17, 15) is 4.79 Å². The van der Waals surface area contributed by atoms with E-state index in [-0.39, 0.29) is 11.9 Å². The molecule has 2 rings (SSSR count). The van der Waals surface area contributed by atoms with Crippen LogP contribution >= 0.6 is 0 Å². The monoisotopic (exact) mass is 274 g/mol. The average molecular weight is 274 g/mol. The molecule has 0 bridgehead atoms. The zero-order valence-electron chi connectivity index (χ0n) is 12.6. The van der Waals surface area contributed by atoms with Gasteiger partial charge in [-0.15, -0.1) is 0 Å². The summed E-state index contributed by atoms with van der Waals surface area (Å²) in [7, 11) is 0. The number of nitrogens with one attached hydrogen (secondary N) is 2. The Hall–Kier alpha value is -1.51. The summed E-state index contributed by atoms with van der Waals surface area (Å²) in [5, 5.41) is 6.47. The van der Waals surface area contributed by atoms with Gasteiger partial charge < -0.3 is 10.6 Å². The summed E-state index contributed by atoms with van der Waals surface area (Å²) in [4.78, 5) is 12.2. The van der Waals surface area contributed by atoms with Gasteiger partial charge in [0.2, 0.25) is 5.91 Å². The van der Waals surface area contributed by atoms with Gasteiger partial charge in [-0.2, -0.15) is 0 Å². The molecule has 3 heteroatoms. The molecule has 0 radical (unpaired) electrons. The normalized spacial score (nSPS) is 18.1. The van der Waals surface area contributed by atoms with Crippen LogP contribution in [0.5, 0.6) is 0 Å². The number of carbonyl (C=O) groups excluding carboxylic acids is 1. The number of anilines is 1. The van der Waals surface area contributed by atoms with Crippen LogP contribution < -0.4 is 10.6 Å². The molecule has 0 aromatic heterocycles. The molecule has 0 heterocycles. The third kappa shape index (κ3) is 4.55. The third-order valence-corrected chi connectivity index (χ3v) is 4.00. The van der Waals surface area contributed by atoms with Crippen LogP contribution in [0.15, 0.2) is 24.3 Å². The van der Waals surface area contributed by atoms with Gasteiger partial charge in [-0.05, 0) is 44.4 Å². The summed E-state index contributed by atoms with van der Waals surface area (Å²) < 4.78 is 0. The van der Waals surface area contributed by atoms with Crippen molar-refractivity contribution in [3.8, 4) is 0 Å². The third-order valence-electron chi connectivity index (χ3n) is 4.00. The number of carbonyl (C=O) groups is 1. The molecule has 0 aliphatic heterocycles. The molecule has 0 saturated heterocycles. The predicted molar refractivity (Wildman–Crippen MR) is 83.9 cm³/mol. The van der Waals surface area contributed by atoms with Crippen molar-refractivity contribution in [1.29, 1.82) is 0 Å². The lowest BCUT2D eigenvalue weighted by atomic mass is 10.1. The van der Waals surface area contributed by atoms with Gasteiger partial charge >= 0.3 is 0 Å². The molecule has 1 aromatic carbocycles. The van der Waals surface area contributed by atoms with E-state index in [1.54, 1.807) is 0 Å². The van der Waals surface area contributed by atoms with Crippen molar-refractivity contribution in [2.75, 3.05) is 5.32 Å². The molecule has 2 N–H and O–H groups in total. The molecule has 1 atom stereocenters. The standard InChI is InChI=1S/C17H26N2O/c1-13-8-7-11-16(12-13)18-14(2)17(20)19-15-9-5-3-4-6-10-15/h7-8,11-12,14-15,18H,3-6,9-10H2,1-2H3,(H,19,20). The van der Waals surface area contributed by atoms with E-state index in [1.165, 1.54) is 31.2 Å². The van der Waals surface area contributed by atoms with Gasteiger partial charge in [0.1, 0.15) is 6.04 Å². The first-order valence-corrected chi connectivity index (χ1v) is 7.79. The Labute approximate surface area is 122 Å². The van der Waals surface area contributed by atoms with Crippen LogP contribution in [0, 0.1) is 6.92 Å². The molecule has 1 amide bonds. The van der Waals surface area contributed by atoms with E-state index in [1.807, 2.05) is 19.1 Å². The molecule has 0 spiro atoms. The molecular formula is C17H26N2O. The first-order chi connectivity index (χ1) is 9.65. The zero-order chi connectivity index (χ0) is 14.4. The summed E-state index contributed by atoms with van der Waals surface area (Å²) in [6, 6.07) is 8.30. The minimum Gasteiger partial charge on any atom is -0.374 e. The van der Waals surface area contributed by atoms with E-state index in [2.05, 4.69) is 29.7 Å². The first-order valence-electron chi connectivity index (χ1n) is 7.79. The summed E-state index contributed by atoms with van der Waals surface area (Å²) in [5.74, 6) is 0.110. The molecule has 1 saturated carbocycles. The Kier molecular flexibility index (Phi) is 5.45. The van der Waals surface area contributed by atoms with Crippen LogP contribution in [0.25, 0.3) is 0 Å². The summed E-state index contributed by atoms with van der Waals surface area (Å²) >= 11 is 0. The van der Waals surface area contributed by atoms with E-state index in [0.29, 0.717) is 6.04 Å². The number of benzene rings is 1. The lowest BCUT2D eigenvalue weighted by molar-refractivity contribution is -0.122. The Morgan fingerprint density at radius 1 is 1.20 bits per heavy atom. The van der Waals surface area contributed by atoms with Crippen molar-refractivity contribution in [2.24, 2.45) is 0 Å². The van der Waals surface area contributed by atoms with Gasteiger partial charge in [-0.1, -0.05) is 37.8 Å². The number of aryl methyl sites for hydroxylation is 1. The van der Waals surface area contributed by atoms with E-state index < -0.39 is 0 Å². The Bertz CT molecular complexity index is 436. The molecule has 1 fully saturated rings. The maximum Gasteiger partial charge on any atom is 0.242 e. The zero-order valence-corrected chi connectivity index (χ0v) is 12.6. The molecule has 1 aromatic rings. The highest BCUT2D eigenvalue weighted by Gasteiger charge is 2.18. The Morgan fingerprint density at radius 3 is 2.55 bits per heavy atom. The molecule has 1 aliphatic carbocycles.